The average Bonchev–Trinajstić information content (AvgIpc) is 3.17. The fourth-order valence-electron chi connectivity index (χ4n) is 4.98. The normalized spacial score (nSPS) is 19.7. The van der Waals surface area contributed by atoms with Crippen molar-refractivity contribution in [1.82, 2.24) is 14.8 Å². The molecule has 0 radical (unpaired) electrons. The zero-order valence-corrected chi connectivity index (χ0v) is 19.0. The van der Waals surface area contributed by atoms with Crippen LogP contribution in [0.2, 0.25) is 0 Å². The van der Waals surface area contributed by atoms with E-state index >= 15 is 0 Å². The van der Waals surface area contributed by atoms with E-state index in [-0.39, 0.29) is 29.9 Å². The largest absolute Gasteiger partial charge is 0.461 e. The summed E-state index contributed by atoms with van der Waals surface area (Å²) in [6.45, 7) is 7.40. The molecule has 2 N–H and O–H groups in total. The molecule has 1 amide bonds. The van der Waals surface area contributed by atoms with E-state index in [2.05, 4.69) is 20.1 Å². The van der Waals surface area contributed by atoms with Crippen LogP contribution >= 0.6 is 0 Å². The molecule has 1 aromatic carbocycles. The number of hydrogen-bond donors (Lipinski definition) is 2. The number of nitrogens with one attached hydrogen (secondary N) is 2. The Bertz CT molecular complexity index is 962. The summed E-state index contributed by atoms with van der Waals surface area (Å²) >= 11 is 0. The molecule has 1 aliphatic heterocycles. The van der Waals surface area contributed by atoms with Gasteiger partial charge in [-0.25, -0.2) is 9.18 Å². The number of benzene rings is 1. The Balaban J connectivity index is 1.45. The zero-order chi connectivity index (χ0) is 22.7. The lowest BCUT2D eigenvalue weighted by Gasteiger charge is -2.42. The maximum absolute atomic E-state index is 13.9. The molecular formula is C24H33FN4O3. The van der Waals surface area contributed by atoms with Gasteiger partial charge in [0.15, 0.2) is 0 Å². The van der Waals surface area contributed by atoms with E-state index in [0.717, 1.165) is 26.2 Å². The summed E-state index contributed by atoms with van der Waals surface area (Å²) in [5, 5.41) is 3.33. The van der Waals surface area contributed by atoms with Crippen molar-refractivity contribution in [2.75, 3.05) is 38.1 Å². The quantitative estimate of drug-likeness (QED) is 0.664. The molecule has 4 rings (SSSR count). The van der Waals surface area contributed by atoms with Crippen molar-refractivity contribution in [3.8, 4) is 0 Å². The molecule has 0 spiro atoms. The number of carbonyl (C=O) groups excluding carboxylic acids is 2. The molecule has 1 aromatic heterocycles. The molecule has 32 heavy (non-hydrogen) atoms. The Morgan fingerprint density at radius 2 is 1.91 bits per heavy atom. The van der Waals surface area contributed by atoms with Crippen molar-refractivity contribution in [1.29, 1.82) is 0 Å². The Labute approximate surface area is 188 Å². The molecule has 1 atom stereocenters. The van der Waals surface area contributed by atoms with Crippen LogP contribution in [0.15, 0.2) is 18.2 Å². The first-order valence-corrected chi connectivity index (χ1v) is 11.7. The number of aromatic amines is 1. The number of rotatable bonds is 6. The Morgan fingerprint density at radius 3 is 2.59 bits per heavy atom. The molecule has 0 bridgehead atoms. The lowest BCUT2D eigenvalue weighted by atomic mass is 9.94. The molecule has 2 aromatic rings. The van der Waals surface area contributed by atoms with Crippen LogP contribution in [0.5, 0.6) is 0 Å². The highest BCUT2D eigenvalue weighted by Gasteiger charge is 2.30. The highest BCUT2D eigenvalue weighted by atomic mass is 19.1. The molecule has 1 saturated carbocycles. The smallest absolute Gasteiger partial charge is 0.356 e. The number of anilines is 1. The van der Waals surface area contributed by atoms with Crippen molar-refractivity contribution >= 4 is 28.5 Å². The van der Waals surface area contributed by atoms with Crippen molar-refractivity contribution in [2.45, 2.75) is 58.0 Å². The molecule has 2 fully saturated rings. The monoisotopic (exact) mass is 444 g/mol. The van der Waals surface area contributed by atoms with E-state index < -0.39 is 11.8 Å². The van der Waals surface area contributed by atoms with Gasteiger partial charge in [-0.2, -0.15) is 0 Å². The zero-order valence-electron chi connectivity index (χ0n) is 19.0. The number of piperazine rings is 1. The molecule has 2 aliphatic rings. The van der Waals surface area contributed by atoms with Crippen molar-refractivity contribution in [2.24, 2.45) is 0 Å². The van der Waals surface area contributed by atoms with Crippen molar-refractivity contribution in [3.63, 3.8) is 0 Å². The highest BCUT2D eigenvalue weighted by molar-refractivity contribution is 6.11. The van der Waals surface area contributed by atoms with Gasteiger partial charge in [-0.3, -0.25) is 14.6 Å². The molecule has 8 heteroatoms. The minimum Gasteiger partial charge on any atom is -0.461 e. The van der Waals surface area contributed by atoms with Crippen molar-refractivity contribution in [3.05, 3.63) is 29.7 Å². The van der Waals surface area contributed by atoms with Crippen LogP contribution in [-0.2, 0) is 9.53 Å². The summed E-state index contributed by atoms with van der Waals surface area (Å²) in [7, 11) is 0. The molecule has 174 valence electrons. The summed E-state index contributed by atoms with van der Waals surface area (Å²) in [6.07, 6.45) is 6.54. The van der Waals surface area contributed by atoms with Gasteiger partial charge in [0.05, 0.1) is 18.3 Å². The number of H-pyrrole nitrogens is 1. The van der Waals surface area contributed by atoms with Gasteiger partial charge in [-0.15, -0.1) is 0 Å². The van der Waals surface area contributed by atoms with Gasteiger partial charge in [0.25, 0.3) is 0 Å². The molecule has 0 unspecified atom stereocenters. The first-order valence-electron chi connectivity index (χ1n) is 11.7. The number of carbonyl (C=O) groups is 2. The van der Waals surface area contributed by atoms with Crippen LogP contribution in [0.3, 0.4) is 0 Å². The maximum atomic E-state index is 13.9. The van der Waals surface area contributed by atoms with Gasteiger partial charge in [-0.1, -0.05) is 19.3 Å². The molecule has 1 saturated heterocycles. The van der Waals surface area contributed by atoms with Gasteiger partial charge < -0.3 is 15.0 Å². The standard InChI is InChI=1S/C24H33FN4O3/c1-3-32-24(31)22-21(19-15-17(25)9-10-20(19)26-22)27-23(30)16(2)28-11-13-29(14-12-28)18-7-5-4-6-8-18/h9-10,15-16,18,26H,3-8,11-14H2,1-2H3,(H,27,30)/t16-/m0/s1. The predicted molar refractivity (Wildman–Crippen MR) is 122 cm³/mol. The van der Waals surface area contributed by atoms with Crippen LogP contribution in [0.4, 0.5) is 10.1 Å². The average molecular weight is 445 g/mol. The summed E-state index contributed by atoms with van der Waals surface area (Å²) in [6, 6.07) is 4.50. The summed E-state index contributed by atoms with van der Waals surface area (Å²) in [4.78, 5) is 33.3. The van der Waals surface area contributed by atoms with Gasteiger partial charge in [-0.05, 0) is 44.9 Å². The van der Waals surface area contributed by atoms with Gasteiger partial charge in [0.2, 0.25) is 5.91 Å². The van der Waals surface area contributed by atoms with Gasteiger partial charge in [0.1, 0.15) is 11.5 Å². The summed E-state index contributed by atoms with van der Waals surface area (Å²) in [5.41, 5.74) is 0.976. The molecular weight excluding hydrogens is 411 g/mol. The number of ether oxygens (including phenoxy) is 1. The predicted octanol–water partition coefficient (Wildman–Crippen LogP) is 3.76. The Morgan fingerprint density at radius 1 is 1.19 bits per heavy atom. The third-order valence-electron chi connectivity index (χ3n) is 6.86. The third-order valence-corrected chi connectivity index (χ3v) is 6.86. The van der Waals surface area contributed by atoms with Gasteiger partial charge >= 0.3 is 5.97 Å². The van der Waals surface area contributed by atoms with Crippen molar-refractivity contribution < 1.29 is 18.7 Å². The fourth-order valence-corrected chi connectivity index (χ4v) is 4.98. The van der Waals surface area contributed by atoms with E-state index in [1.807, 2.05) is 6.92 Å². The van der Waals surface area contributed by atoms with E-state index in [1.54, 1.807) is 13.0 Å². The second-order valence-electron chi connectivity index (χ2n) is 8.81. The summed E-state index contributed by atoms with van der Waals surface area (Å²) < 4.78 is 19.0. The maximum Gasteiger partial charge on any atom is 0.356 e. The SMILES string of the molecule is CCOC(=O)c1[nH]c2ccc(F)cc2c1NC(=O)[C@H](C)N1CCN(C2CCCCC2)CC1. The fraction of sp³-hybridized carbons (Fsp3) is 0.583. The number of amides is 1. The molecule has 1 aliphatic carbocycles. The molecule has 7 nitrogen and oxygen atoms in total. The second-order valence-corrected chi connectivity index (χ2v) is 8.81. The van der Waals surface area contributed by atoms with Crippen LogP contribution < -0.4 is 5.32 Å². The number of aromatic nitrogens is 1. The van der Waals surface area contributed by atoms with E-state index in [9.17, 15) is 14.0 Å². The second kappa shape index (κ2) is 10.0. The van der Waals surface area contributed by atoms with Crippen LogP contribution in [0.25, 0.3) is 10.9 Å². The number of hydrogen-bond acceptors (Lipinski definition) is 5. The first-order chi connectivity index (χ1) is 15.5. The van der Waals surface area contributed by atoms with Crippen LogP contribution in [-0.4, -0.2) is 71.5 Å². The first kappa shape index (κ1) is 22.7. The molecule has 2 heterocycles. The highest BCUT2D eigenvalue weighted by Crippen LogP contribution is 2.30. The summed E-state index contributed by atoms with van der Waals surface area (Å²) in [5.74, 6) is -1.23. The van der Waals surface area contributed by atoms with Crippen LogP contribution in [0.1, 0.15) is 56.4 Å². The number of halogens is 1. The van der Waals surface area contributed by atoms with E-state index in [4.69, 9.17) is 4.74 Å². The van der Waals surface area contributed by atoms with E-state index in [0.29, 0.717) is 16.9 Å². The minimum atomic E-state index is -0.576. The van der Waals surface area contributed by atoms with E-state index in [1.165, 1.54) is 44.2 Å². The topological polar surface area (TPSA) is 77.7 Å². The third kappa shape index (κ3) is 4.81. The van der Waals surface area contributed by atoms with Gasteiger partial charge in [0, 0.05) is 43.1 Å². The van der Waals surface area contributed by atoms with Crippen LogP contribution in [0, 0.1) is 5.82 Å². The Kier molecular flexibility index (Phi) is 7.10. The number of esters is 1. The number of fused-ring (bicyclic) bond motifs is 1. The minimum absolute atomic E-state index is 0.134. The Hall–Kier alpha value is -2.45. The lowest BCUT2D eigenvalue weighted by Crippen LogP contribution is -2.55. The lowest BCUT2D eigenvalue weighted by molar-refractivity contribution is -0.121. The number of nitrogens with zero attached hydrogens (tertiary/aromatic N) is 2.